The van der Waals surface area contributed by atoms with Gasteiger partial charge in [-0.25, -0.2) is 18.5 Å². The maximum absolute atomic E-state index is 11.8. The summed E-state index contributed by atoms with van der Waals surface area (Å²) in [4.78, 5) is 91.5. The predicted octanol–water partition coefficient (Wildman–Crippen LogP) is -4.27. The highest BCUT2D eigenvalue weighted by atomic mass is 79.9. The minimum absolute atomic E-state index is 0.166. The van der Waals surface area contributed by atoms with E-state index < -0.39 is 65.9 Å². The summed E-state index contributed by atoms with van der Waals surface area (Å²) in [5.74, 6) is 0. The SMILES string of the molecule is O=P(O)(O)O.O=P(O)(O)O.O=P(O)(O)O.O=c1[nH]c(=O)n([C@@H]2O[C@H](CO)[C@@H](O)[C@H]2O)cc1/C=C\Br. The van der Waals surface area contributed by atoms with E-state index in [4.69, 9.17) is 67.6 Å². The number of aromatic nitrogens is 2. The number of H-pyrrole nitrogens is 1. The summed E-state index contributed by atoms with van der Waals surface area (Å²) in [6.07, 6.45) is -2.27. The van der Waals surface area contributed by atoms with Crippen molar-refractivity contribution in [3.05, 3.63) is 37.6 Å². The third kappa shape index (κ3) is 19.9. The van der Waals surface area contributed by atoms with Gasteiger partial charge in [0.1, 0.15) is 18.3 Å². The molecule has 206 valence electrons. The Morgan fingerprint density at radius 2 is 1.31 bits per heavy atom. The number of aliphatic hydroxyl groups is 3. The Hall–Kier alpha value is -0.930. The number of nitrogens with zero attached hydrogens (tertiary/aromatic N) is 1. The number of rotatable bonds is 3. The van der Waals surface area contributed by atoms with Crippen molar-refractivity contribution < 1.29 is 77.8 Å². The number of halogens is 1. The van der Waals surface area contributed by atoms with E-state index in [0.29, 0.717) is 0 Å². The molecule has 2 rings (SSSR count). The van der Waals surface area contributed by atoms with Gasteiger partial charge in [-0.2, -0.15) is 0 Å². The van der Waals surface area contributed by atoms with Gasteiger partial charge in [0.2, 0.25) is 0 Å². The Bertz CT molecular complexity index is 998. The Morgan fingerprint density at radius 3 is 1.63 bits per heavy atom. The summed E-state index contributed by atoms with van der Waals surface area (Å²) in [6.45, 7) is -0.499. The van der Waals surface area contributed by atoms with Crippen LogP contribution in [-0.4, -0.2) is 93.8 Å². The molecule has 2 heterocycles. The molecule has 0 saturated carbocycles. The molecule has 0 bridgehead atoms. The molecule has 0 unspecified atom stereocenters. The zero-order valence-corrected chi connectivity index (χ0v) is 21.0. The molecule has 1 saturated heterocycles. The van der Waals surface area contributed by atoms with Crippen molar-refractivity contribution in [2.24, 2.45) is 0 Å². The third-order valence-electron chi connectivity index (χ3n) is 3.03. The molecular formula is C11H22BrN2O18P3. The van der Waals surface area contributed by atoms with Crippen LogP contribution in [0.4, 0.5) is 0 Å². The number of nitrogens with one attached hydrogen (secondary N) is 1. The van der Waals surface area contributed by atoms with Gasteiger partial charge in [-0.3, -0.25) is 14.3 Å². The van der Waals surface area contributed by atoms with Crippen LogP contribution in [0.15, 0.2) is 20.8 Å². The topological polar surface area (TPSA) is 358 Å². The van der Waals surface area contributed by atoms with E-state index in [1.807, 2.05) is 0 Å². The largest absolute Gasteiger partial charge is 0.466 e. The Morgan fingerprint density at radius 1 is 0.914 bits per heavy atom. The summed E-state index contributed by atoms with van der Waals surface area (Å²) < 4.78 is 32.8. The van der Waals surface area contributed by atoms with Gasteiger partial charge in [0.15, 0.2) is 6.23 Å². The second-order valence-corrected chi connectivity index (χ2v) is 9.42. The van der Waals surface area contributed by atoms with E-state index >= 15 is 0 Å². The number of hydrogen-bond donors (Lipinski definition) is 13. The Labute approximate surface area is 201 Å². The molecule has 1 aromatic heterocycles. The first-order chi connectivity index (χ1) is 15.5. The second-order valence-electron chi connectivity index (χ2n) is 5.81. The maximum Gasteiger partial charge on any atom is 0.466 e. The summed E-state index contributed by atoms with van der Waals surface area (Å²) in [6, 6.07) is 0. The molecule has 0 aromatic carbocycles. The number of phosphoric acid groups is 3. The van der Waals surface area contributed by atoms with E-state index in [1.165, 1.54) is 17.3 Å². The van der Waals surface area contributed by atoms with E-state index in [-0.39, 0.29) is 5.56 Å². The van der Waals surface area contributed by atoms with Gasteiger partial charge in [-0.1, -0.05) is 15.9 Å². The molecule has 0 aliphatic carbocycles. The Balaban J connectivity index is 0. The number of aromatic amines is 1. The monoisotopic (exact) mass is 642 g/mol. The smallest absolute Gasteiger partial charge is 0.394 e. The highest BCUT2D eigenvalue weighted by molar-refractivity contribution is 9.11. The quantitative estimate of drug-likeness (QED) is 0.139. The molecule has 1 fully saturated rings. The van der Waals surface area contributed by atoms with Gasteiger partial charge >= 0.3 is 29.2 Å². The first-order valence-corrected chi connectivity index (χ1v) is 13.7. The predicted molar refractivity (Wildman–Crippen MR) is 115 cm³/mol. The van der Waals surface area contributed by atoms with E-state index in [9.17, 15) is 19.8 Å². The molecule has 1 aromatic rings. The summed E-state index contributed by atoms with van der Waals surface area (Å²) in [7, 11) is -13.9. The average Bonchev–Trinajstić information content (AvgIpc) is 2.88. The Kier molecular flexibility index (Phi) is 15.9. The van der Waals surface area contributed by atoms with Gasteiger partial charge in [0, 0.05) is 6.20 Å². The fourth-order valence-electron chi connectivity index (χ4n) is 1.99. The number of hydrogen-bond acceptors (Lipinski definition) is 9. The fraction of sp³-hybridized carbons (Fsp3) is 0.455. The molecule has 1 aliphatic rings. The van der Waals surface area contributed by atoms with Crippen LogP contribution in [-0.2, 0) is 18.4 Å². The minimum atomic E-state index is -4.64. The second kappa shape index (κ2) is 15.4. The maximum atomic E-state index is 11.8. The lowest BCUT2D eigenvalue weighted by atomic mass is 10.1. The first kappa shape index (κ1) is 36.2. The number of ether oxygens (including phenoxy) is 1. The van der Waals surface area contributed by atoms with Gasteiger partial charge in [0.05, 0.1) is 12.2 Å². The highest BCUT2D eigenvalue weighted by Crippen LogP contribution is 2.28. The van der Waals surface area contributed by atoms with Crippen LogP contribution >= 0.6 is 39.4 Å². The average molecular weight is 643 g/mol. The highest BCUT2D eigenvalue weighted by Gasteiger charge is 2.43. The summed E-state index contributed by atoms with van der Waals surface area (Å²) >= 11 is 3.01. The van der Waals surface area contributed by atoms with Crippen LogP contribution in [0.25, 0.3) is 6.08 Å². The van der Waals surface area contributed by atoms with E-state index in [0.717, 1.165) is 4.57 Å². The van der Waals surface area contributed by atoms with Crippen molar-refractivity contribution in [1.82, 2.24) is 9.55 Å². The van der Waals surface area contributed by atoms with Crippen LogP contribution in [0, 0.1) is 0 Å². The van der Waals surface area contributed by atoms with Crippen LogP contribution in [0.5, 0.6) is 0 Å². The molecule has 1 aliphatic heterocycles. The number of aliphatic hydroxyl groups excluding tert-OH is 3. The van der Waals surface area contributed by atoms with Crippen molar-refractivity contribution in [2.75, 3.05) is 6.61 Å². The third-order valence-corrected chi connectivity index (χ3v) is 3.29. The lowest BCUT2D eigenvalue weighted by molar-refractivity contribution is -0.0550. The van der Waals surface area contributed by atoms with Crippen molar-refractivity contribution in [1.29, 1.82) is 0 Å². The van der Waals surface area contributed by atoms with Crippen LogP contribution < -0.4 is 11.2 Å². The van der Waals surface area contributed by atoms with Crippen molar-refractivity contribution in [2.45, 2.75) is 24.5 Å². The molecule has 4 atom stereocenters. The lowest BCUT2D eigenvalue weighted by Crippen LogP contribution is -2.38. The fourth-order valence-corrected chi connectivity index (χ4v) is 2.27. The molecule has 24 heteroatoms. The van der Waals surface area contributed by atoms with Gasteiger partial charge in [0.25, 0.3) is 5.56 Å². The molecule has 0 amide bonds. The van der Waals surface area contributed by atoms with Crippen molar-refractivity contribution >= 4 is 45.5 Å². The summed E-state index contributed by atoms with van der Waals surface area (Å²) in [5.41, 5.74) is -1.20. The van der Waals surface area contributed by atoms with E-state index in [2.05, 4.69) is 20.9 Å². The molecule has 0 spiro atoms. The molecule has 20 nitrogen and oxygen atoms in total. The molecule has 13 N–H and O–H groups in total. The van der Waals surface area contributed by atoms with E-state index in [1.54, 1.807) is 0 Å². The standard InChI is InChI=1S/C11H13BrN2O6.3H3O4P/c12-2-1-5-3-14(11(19)13-9(5)18)10-8(17)7(16)6(4-15)20-10;3*1-5(2,3)4/h1-3,6-8,10,15-17H,4H2,(H,13,18,19);3*(H3,1,2,3,4)/b2-1-;;;/t6-,7-,8-,10-;;;/m1.../s1. The van der Waals surface area contributed by atoms with Crippen molar-refractivity contribution in [3.63, 3.8) is 0 Å². The summed E-state index contributed by atoms with van der Waals surface area (Å²) in [5, 5.41) is 28.5. The lowest BCUT2D eigenvalue weighted by Gasteiger charge is -2.17. The molecular weight excluding hydrogens is 621 g/mol. The van der Waals surface area contributed by atoms with Gasteiger partial charge in [-0.15, -0.1) is 0 Å². The van der Waals surface area contributed by atoms with Crippen LogP contribution in [0.1, 0.15) is 11.8 Å². The first-order valence-electron chi connectivity index (χ1n) is 8.09. The normalized spacial score (nSPS) is 22.3. The van der Waals surface area contributed by atoms with Crippen LogP contribution in [0.2, 0.25) is 0 Å². The zero-order chi connectivity index (χ0) is 28.4. The van der Waals surface area contributed by atoms with Gasteiger partial charge < -0.3 is 64.1 Å². The minimum Gasteiger partial charge on any atom is -0.394 e. The molecule has 0 radical (unpaired) electrons. The zero-order valence-electron chi connectivity index (χ0n) is 16.7. The molecule has 35 heavy (non-hydrogen) atoms. The van der Waals surface area contributed by atoms with Crippen LogP contribution in [0.3, 0.4) is 0 Å². The van der Waals surface area contributed by atoms with Crippen molar-refractivity contribution in [3.8, 4) is 0 Å². The van der Waals surface area contributed by atoms with Gasteiger partial charge in [-0.05, 0) is 11.1 Å².